The molecule has 1 saturated carbocycles. The Balaban J connectivity index is 1.50. The van der Waals surface area contributed by atoms with Crippen LogP contribution in [-0.2, 0) is 4.74 Å². The van der Waals surface area contributed by atoms with E-state index in [1.165, 1.54) is 33.6 Å². The van der Waals surface area contributed by atoms with Crippen LogP contribution in [-0.4, -0.2) is 35.5 Å². The van der Waals surface area contributed by atoms with Crippen LogP contribution in [0.1, 0.15) is 49.1 Å². The molecule has 0 aromatic heterocycles. The predicted octanol–water partition coefficient (Wildman–Crippen LogP) is 4.52. The zero-order valence-electron chi connectivity index (χ0n) is 14.9. The van der Waals surface area contributed by atoms with E-state index in [2.05, 4.69) is 24.3 Å². The molecule has 0 heterocycles. The van der Waals surface area contributed by atoms with E-state index in [-0.39, 0.29) is 18.7 Å². The molecule has 0 radical (unpaired) electrons. The Hall–Kier alpha value is -2.33. The van der Waals surface area contributed by atoms with Gasteiger partial charge in [-0.2, -0.15) is 0 Å². The molecule has 1 amide bonds. The number of carbonyl (C=O) groups excluding carboxylic acids is 1. The van der Waals surface area contributed by atoms with Gasteiger partial charge >= 0.3 is 6.09 Å². The Bertz CT molecular complexity index is 737. The number of hydrogen-bond donors (Lipinski definition) is 1. The summed E-state index contributed by atoms with van der Waals surface area (Å²) in [5, 5.41) is 9.68. The summed E-state index contributed by atoms with van der Waals surface area (Å²) in [6.07, 6.45) is 4.92. The Morgan fingerprint density at radius 3 is 2.12 bits per heavy atom. The minimum Gasteiger partial charge on any atom is -0.448 e. The van der Waals surface area contributed by atoms with Crippen molar-refractivity contribution in [2.45, 2.75) is 44.1 Å². The first-order valence-corrected chi connectivity index (χ1v) is 9.52. The highest BCUT2D eigenvalue weighted by molar-refractivity contribution is 5.79. The molecule has 0 spiro atoms. The van der Waals surface area contributed by atoms with Crippen LogP contribution in [0.5, 0.6) is 0 Å². The summed E-state index contributed by atoms with van der Waals surface area (Å²) in [6.45, 7) is 0.0252. The molecule has 2 aromatic rings. The maximum atomic E-state index is 12.6. The zero-order valence-corrected chi connectivity index (χ0v) is 14.9. The molecule has 0 aliphatic heterocycles. The molecule has 26 heavy (non-hydrogen) atoms. The molecule has 136 valence electrons. The van der Waals surface area contributed by atoms with E-state index >= 15 is 0 Å². The van der Waals surface area contributed by atoms with E-state index in [1.807, 2.05) is 24.3 Å². The van der Waals surface area contributed by atoms with Gasteiger partial charge in [-0.3, -0.25) is 4.90 Å². The number of nitrogens with zero attached hydrogens (tertiary/aromatic N) is 1. The van der Waals surface area contributed by atoms with Crippen molar-refractivity contribution in [3.8, 4) is 11.1 Å². The highest BCUT2D eigenvalue weighted by Gasteiger charge is 2.31. The number of carbonyl (C=O) groups is 1. The molecule has 4 rings (SSSR count). The molecule has 2 aliphatic rings. The fraction of sp³-hybridized carbons (Fsp3) is 0.409. The SMILES string of the molecule is O=C(OCC1c2ccccc2-c2ccccc21)N(CO)C1CCCCC1. The van der Waals surface area contributed by atoms with Gasteiger partial charge in [0.25, 0.3) is 0 Å². The molecule has 4 heteroatoms. The second kappa shape index (κ2) is 7.50. The molecule has 0 bridgehead atoms. The quantitative estimate of drug-likeness (QED) is 0.824. The number of aliphatic hydroxyl groups is 1. The van der Waals surface area contributed by atoms with Crippen LogP contribution < -0.4 is 0 Å². The lowest BCUT2D eigenvalue weighted by atomic mass is 9.95. The summed E-state index contributed by atoms with van der Waals surface area (Å²) in [4.78, 5) is 14.1. The Morgan fingerprint density at radius 1 is 0.962 bits per heavy atom. The van der Waals surface area contributed by atoms with Gasteiger partial charge < -0.3 is 9.84 Å². The third-order valence-electron chi connectivity index (χ3n) is 5.74. The molecule has 0 saturated heterocycles. The normalized spacial score (nSPS) is 16.8. The molecule has 2 aromatic carbocycles. The lowest BCUT2D eigenvalue weighted by Crippen LogP contribution is -2.42. The number of benzene rings is 2. The summed E-state index contributed by atoms with van der Waals surface area (Å²) in [6, 6.07) is 16.7. The standard InChI is InChI=1S/C22H25NO3/c24-15-23(16-8-2-1-3-9-16)22(25)26-14-21-19-12-6-4-10-17(19)18-11-5-7-13-20(18)21/h4-7,10-13,16,21,24H,1-3,8-9,14-15H2. The zero-order chi connectivity index (χ0) is 17.9. The van der Waals surface area contributed by atoms with E-state index in [0.717, 1.165) is 25.7 Å². The number of aliphatic hydroxyl groups excluding tert-OH is 1. The molecular formula is C22H25NO3. The first-order chi connectivity index (χ1) is 12.8. The van der Waals surface area contributed by atoms with Crippen LogP contribution >= 0.6 is 0 Å². The number of rotatable bonds is 4. The van der Waals surface area contributed by atoms with Crippen molar-refractivity contribution in [1.29, 1.82) is 0 Å². The van der Waals surface area contributed by atoms with Gasteiger partial charge in [-0.15, -0.1) is 0 Å². The maximum absolute atomic E-state index is 12.6. The fourth-order valence-corrected chi connectivity index (χ4v) is 4.39. The smallest absolute Gasteiger partial charge is 0.411 e. The lowest BCUT2D eigenvalue weighted by Gasteiger charge is -2.32. The van der Waals surface area contributed by atoms with Gasteiger partial charge in [0.05, 0.1) is 0 Å². The van der Waals surface area contributed by atoms with Crippen LogP contribution in [0.25, 0.3) is 11.1 Å². The van der Waals surface area contributed by atoms with Crippen molar-refractivity contribution >= 4 is 6.09 Å². The minimum atomic E-state index is -0.402. The summed E-state index contributed by atoms with van der Waals surface area (Å²) in [5.74, 6) is 0.0539. The summed E-state index contributed by atoms with van der Waals surface area (Å²) < 4.78 is 5.67. The number of fused-ring (bicyclic) bond motifs is 3. The topological polar surface area (TPSA) is 49.8 Å². The average Bonchev–Trinajstić information content (AvgIpc) is 3.02. The fourth-order valence-electron chi connectivity index (χ4n) is 4.39. The predicted molar refractivity (Wildman–Crippen MR) is 101 cm³/mol. The van der Waals surface area contributed by atoms with Crippen molar-refractivity contribution in [2.24, 2.45) is 0 Å². The van der Waals surface area contributed by atoms with Crippen LogP contribution in [0.15, 0.2) is 48.5 Å². The van der Waals surface area contributed by atoms with E-state index < -0.39 is 6.09 Å². The third kappa shape index (κ3) is 3.10. The Labute approximate surface area is 154 Å². The van der Waals surface area contributed by atoms with Crippen LogP contribution in [0.4, 0.5) is 4.79 Å². The van der Waals surface area contributed by atoms with E-state index in [1.54, 1.807) is 0 Å². The molecule has 2 aliphatic carbocycles. The number of amides is 1. The molecule has 1 N–H and O–H groups in total. The summed E-state index contributed by atoms with van der Waals surface area (Å²) in [5.41, 5.74) is 4.84. The van der Waals surface area contributed by atoms with E-state index in [9.17, 15) is 9.90 Å². The van der Waals surface area contributed by atoms with Gasteiger partial charge in [0, 0.05) is 12.0 Å². The van der Waals surface area contributed by atoms with Crippen molar-refractivity contribution in [1.82, 2.24) is 4.90 Å². The first kappa shape index (κ1) is 17.1. The second-order valence-electron chi connectivity index (χ2n) is 7.21. The van der Waals surface area contributed by atoms with Gasteiger partial charge in [-0.1, -0.05) is 67.8 Å². The third-order valence-corrected chi connectivity index (χ3v) is 5.74. The number of hydrogen-bond acceptors (Lipinski definition) is 3. The summed E-state index contributed by atoms with van der Waals surface area (Å²) in [7, 11) is 0. The van der Waals surface area contributed by atoms with Crippen LogP contribution in [0.3, 0.4) is 0 Å². The average molecular weight is 351 g/mol. The van der Waals surface area contributed by atoms with Crippen molar-refractivity contribution < 1.29 is 14.6 Å². The second-order valence-corrected chi connectivity index (χ2v) is 7.21. The Kier molecular flexibility index (Phi) is 4.93. The molecule has 4 nitrogen and oxygen atoms in total. The monoisotopic (exact) mass is 351 g/mol. The molecule has 0 unspecified atom stereocenters. The van der Waals surface area contributed by atoms with E-state index in [0.29, 0.717) is 6.61 Å². The van der Waals surface area contributed by atoms with E-state index in [4.69, 9.17) is 4.74 Å². The lowest BCUT2D eigenvalue weighted by molar-refractivity contribution is 0.0300. The van der Waals surface area contributed by atoms with Crippen molar-refractivity contribution in [2.75, 3.05) is 13.3 Å². The molecule has 0 atom stereocenters. The van der Waals surface area contributed by atoms with Crippen LogP contribution in [0.2, 0.25) is 0 Å². The highest BCUT2D eigenvalue weighted by Crippen LogP contribution is 2.44. The van der Waals surface area contributed by atoms with Gasteiger partial charge in [0.15, 0.2) is 0 Å². The largest absolute Gasteiger partial charge is 0.448 e. The minimum absolute atomic E-state index is 0.0539. The van der Waals surface area contributed by atoms with Gasteiger partial charge in [-0.25, -0.2) is 4.79 Å². The van der Waals surface area contributed by atoms with Crippen molar-refractivity contribution in [3.63, 3.8) is 0 Å². The number of ether oxygens (including phenoxy) is 1. The Morgan fingerprint density at radius 2 is 1.54 bits per heavy atom. The first-order valence-electron chi connectivity index (χ1n) is 9.52. The van der Waals surface area contributed by atoms with Gasteiger partial charge in [0.1, 0.15) is 13.3 Å². The molecule has 1 fully saturated rings. The van der Waals surface area contributed by atoms with Crippen molar-refractivity contribution in [3.05, 3.63) is 59.7 Å². The van der Waals surface area contributed by atoms with Gasteiger partial charge in [0.2, 0.25) is 0 Å². The maximum Gasteiger partial charge on any atom is 0.411 e. The van der Waals surface area contributed by atoms with Crippen LogP contribution in [0, 0.1) is 0 Å². The highest BCUT2D eigenvalue weighted by atomic mass is 16.6. The molecular weight excluding hydrogens is 326 g/mol. The van der Waals surface area contributed by atoms with Gasteiger partial charge in [-0.05, 0) is 35.1 Å². The summed E-state index contributed by atoms with van der Waals surface area (Å²) >= 11 is 0.